The Labute approximate surface area is 199 Å². The minimum Gasteiger partial charge on any atom is -0.357 e. The number of para-hydroxylation sites is 1. The molecular weight excluding hydrogens is 518 g/mol. The van der Waals surface area contributed by atoms with Gasteiger partial charge in [0.25, 0.3) is 5.56 Å². The van der Waals surface area contributed by atoms with E-state index >= 15 is 0 Å². The standard InChI is InChI=1S/C25H23Br2N3O/c1-18-24(25(31)30(28(18)2)21-12-4-3-5-13-21)29(16-19-10-6-8-14-22(19)26)17-20-11-7-9-15-23(20)27/h3-15H,16-17H2,1-2H3. The Morgan fingerprint density at radius 1 is 0.774 bits per heavy atom. The van der Waals surface area contributed by atoms with Gasteiger partial charge in [-0.3, -0.25) is 9.48 Å². The average molecular weight is 541 g/mol. The maximum atomic E-state index is 13.7. The van der Waals surface area contributed by atoms with Gasteiger partial charge in [-0.05, 0) is 42.3 Å². The van der Waals surface area contributed by atoms with Crippen molar-refractivity contribution in [1.82, 2.24) is 9.36 Å². The highest BCUT2D eigenvalue weighted by atomic mass is 79.9. The lowest BCUT2D eigenvalue weighted by Gasteiger charge is -2.25. The van der Waals surface area contributed by atoms with Gasteiger partial charge in [0, 0.05) is 29.1 Å². The largest absolute Gasteiger partial charge is 0.357 e. The van der Waals surface area contributed by atoms with Crippen LogP contribution in [0.3, 0.4) is 0 Å². The maximum absolute atomic E-state index is 13.7. The summed E-state index contributed by atoms with van der Waals surface area (Å²) in [6.45, 7) is 3.22. The van der Waals surface area contributed by atoms with Gasteiger partial charge in [-0.2, -0.15) is 0 Å². The van der Waals surface area contributed by atoms with Crippen molar-refractivity contribution in [1.29, 1.82) is 0 Å². The van der Waals surface area contributed by atoms with Gasteiger partial charge in [-0.1, -0.05) is 86.5 Å². The number of halogens is 2. The molecule has 0 N–H and O–H groups in total. The van der Waals surface area contributed by atoms with Gasteiger partial charge in [0.15, 0.2) is 0 Å². The lowest BCUT2D eigenvalue weighted by molar-refractivity contribution is 0.630. The SMILES string of the molecule is Cc1c(N(Cc2ccccc2Br)Cc2ccccc2Br)c(=O)n(-c2ccccc2)n1C. The monoisotopic (exact) mass is 539 g/mol. The number of hydrogen-bond donors (Lipinski definition) is 0. The second kappa shape index (κ2) is 9.28. The van der Waals surface area contributed by atoms with Crippen LogP contribution >= 0.6 is 31.9 Å². The molecule has 0 spiro atoms. The predicted octanol–water partition coefficient (Wildman–Crippen LogP) is 6.22. The van der Waals surface area contributed by atoms with Crippen molar-refractivity contribution >= 4 is 37.5 Å². The molecule has 3 aromatic carbocycles. The van der Waals surface area contributed by atoms with Crippen LogP contribution in [0.2, 0.25) is 0 Å². The minimum atomic E-state index is -0.0229. The highest BCUT2D eigenvalue weighted by Crippen LogP contribution is 2.27. The summed E-state index contributed by atoms with van der Waals surface area (Å²) in [4.78, 5) is 15.8. The third kappa shape index (κ3) is 4.41. The van der Waals surface area contributed by atoms with Crippen LogP contribution < -0.4 is 10.5 Å². The van der Waals surface area contributed by atoms with E-state index in [0.717, 1.165) is 31.5 Å². The second-order valence-corrected chi connectivity index (χ2v) is 9.16. The Kier molecular flexibility index (Phi) is 6.49. The lowest BCUT2D eigenvalue weighted by atomic mass is 10.1. The summed E-state index contributed by atoms with van der Waals surface area (Å²) in [6, 6.07) is 26.1. The van der Waals surface area contributed by atoms with Crippen molar-refractivity contribution in [2.24, 2.45) is 7.05 Å². The van der Waals surface area contributed by atoms with Crippen LogP contribution in [0.15, 0.2) is 92.6 Å². The predicted molar refractivity (Wildman–Crippen MR) is 134 cm³/mol. The molecule has 0 amide bonds. The summed E-state index contributed by atoms with van der Waals surface area (Å²) in [6.07, 6.45) is 0. The topological polar surface area (TPSA) is 30.2 Å². The van der Waals surface area contributed by atoms with Gasteiger partial charge < -0.3 is 4.90 Å². The molecule has 4 rings (SSSR count). The van der Waals surface area contributed by atoms with E-state index in [9.17, 15) is 4.79 Å². The molecule has 0 atom stereocenters. The first-order chi connectivity index (χ1) is 15.0. The first kappa shape index (κ1) is 21.7. The van der Waals surface area contributed by atoms with E-state index in [4.69, 9.17) is 0 Å². The van der Waals surface area contributed by atoms with Gasteiger partial charge >= 0.3 is 0 Å². The van der Waals surface area contributed by atoms with Gasteiger partial charge in [-0.15, -0.1) is 0 Å². The number of anilines is 1. The van der Waals surface area contributed by atoms with Crippen LogP contribution in [0.4, 0.5) is 5.69 Å². The fourth-order valence-corrected chi connectivity index (χ4v) is 4.62. The molecule has 0 aliphatic rings. The highest BCUT2D eigenvalue weighted by Gasteiger charge is 2.23. The first-order valence-corrected chi connectivity index (χ1v) is 11.6. The Hall–Kier alpha value is -2.57. The number of aromatic nitrogens is 2. The number of benzene rings is 3. The van der Waals surface area contributed by atoms with Crippen LogP contribution in [0.25, 0.3) is 5.69 Å². The van der Waals surface area contributed by atoms with Gasteiger partial charge in [0.2, 0.25) is 0 Å². The van der Waals surface area contributed by atoms with Crippen LogP contribution in [-0.4, -0.2) is 9.36 Å². The molecule has 0 aliphatic carbocycles. The van der Waals surface area contributed by atoms with Gasteiger partial charge in [0.05, 0.1) is 11.4 Å². The molecule has 0 unspecified atom stereocenters. The average Bonchev–Trinajstić information content (AvgIpc) is 2.99. The quantitative estimate of drug-likeness (QED) is 0.291. The normalized spacial score (nSPS) is 11.0. The van der Waals surface area contributed by atoms with E-state index in [1.165, 1.54) is 0 Å². The van der Waals surface area contributed by atoms with Crippen LogP contribution in [0.1, 0.15) is 16.8 Å². The summed E-state index contributed by atoms with van der Waals surface area (Å²) in [5, 5.41) is 0. The highest BCUT2D eigenvalue weighted by molar-refractivity contribution is 9.10. The van der Waals surface area contributed by atoms with E-state index in [1.807, 2.05) is 85.4 Å². The zero-order valence-electron chi connectivity index (χ0n) is 17.4. The molecule has 4 aromatic rings. The zero-order valence-corrected chi connectivity index (χ0v) is 20.6. The molecule has 0 fully saturated rings. The van der Waals surface area contributed by atoms with Crippen LogP contribution in [0, 0.1) is 6.92 Å². The van der Waals surface area contributed by atoms with E-state index in [1.54, 1.807) is 4.68 Å². The Bertz CT molecular complexity index is 1210. The van der Waals surface area contributed by atoms with E-state index < -0.39 is 0 Å². The van der Waals surface area contributed by atoms with Gasteiger partial charge in [0.1, 0.15) is 5.69 Å². The molecule has 0 aliphatic heterocycles. The fourth-order valence-electron chi connectivity index (χ4n) is 3.80. The molecule has 0 saturated heterocycles. The number of nitrogens with zero attached hydrogens (tertiary/aromatic N) is 3. The van der Waals surface area contributed by atoms with Crippen molar-refractivity contribution in [2.75, 3.05) is 4.90 Å². The summed E-state index contributed by atoms with van der Waals surface area (Å²) >= 11 is 7.33. The van der Waals surface area contributed by atoms with E-state index in [0.29, 0.717) is 18.8 Å². The first-order valence-electron chi connectivity index (χ1n) is 10.0. The van der Waals surface area contributed by atoms with E-state index in [2.05, 4.69) is 48.9 Å². The van der Waals surface area contributed by atoms with Crippen molar-refractivity contribution in [3.8, 4) is 5.69 Å². The molecule has 0 radical (unpaired) electrons. The molecule has 4 nitrogen and oxygen atoms in total. The van der Waals surface area contributed by atoms with Crippen molar-refractivity contribution in [2.45, 2.75) is 20.0 Å². The molecular formula is C25H23Br2N3O. The van der Waals surface area contributed by atoms with Crippen molar-refractivity contribution in [3.63, 3.8) is 0 Å². The van der Waals surface area contributed by atoms with Crippen LogP contribution in [-0.2, 0) is 20.1 Å². The Balaban J connectivity index is 1.85. The fraction of sp³-hybridized carbons (Fsp3) is 0.160. The Morgan fingerprint density at radius 3 is 1.77 bits per heavy atom. The summed E-state index contributed by atoms with van der Waals surface area (Å²) in [5.41, 5.74) is 4.72. The number of rotatable bonds is 6. The zero-order chi connectivity index (χ0) is 22.0. The lowest BCUT2D eigenvalue weighted by Crippen LogP contribution is -2.29. The summed E-state index contributed by atoms with van der Waals surface area (Å²) in [5.74, 6) is 0. The molecule has 31 heavy (non-hydrogen) atoms. The third-order valence-corrected chi connectivity index (χ3v) is 7.03. The molecule has 1 heterocycles. The molecule has 6 heteroatoms. The smallest absolute Gasteiger partial charge is 0.295 e. The molecule has 0 saturated carbocycles. The van der Waals surface area contributed by atoms with Gasteiger partial charge in [-0.25, -0.2) is 4.68 Å². The second-order valence-electron chi connectivity index (χ2n) is 7.45. The minimum absolute atomic E-state index is 0.0229. The molecule has 1 aromatic heterocycles. The molecule has 158 valence electrons. The van der Waals surface area contributed by atoms with Crippen molar-refractivity contribution in [3.05, 3.63) is 115 Å². The van der Waals surface area contributed by atoms with Crippen molar-refractivity contribution < 1.29 is 0 Å². The molecule has 0 bridgehead atoms. The maximum Gasteiger partial charge on any atom is 0.295 e. The van der Waals surface area contributed by atoms with E-state index in [-0.39, 0.29) is 5.56 Å². The summed E-state index contributed by atoms with van der Waals surface area (Å²) in [7, 11) is 1.93. The Morgan fingerprint density at radius 2 is 1.26 bits per heavy atom. The third-order valence-electron chi connectivity index (χ3n) is 5.48. The van der Waals surface area contributed by atoms with Crippen LogP contribution in [0.5, 0.6) is 0 Å². The number of hydrogen-bond acceptors (Lipinski definition) is 2. The summed E-state index contributed by atoms with van der Waals surface area (Å²) < 4.78 is 5.73.